The molecule has 1 aliphatic heterocycles. The first-order valence-corrected chi connectivity index (χ1v) is 11.7. The third kappa shape index (κ3) is 4.40. The maximum absolute atomic E-state index is 13.1. The molecule has 0 aromatic heterocycles. The van der Waals surface area contributed by atoms with Crippen LogP contribution in [0, 0.1) is 11.8 Å². The van der Waals surface area contributed by atoms with Crippen LogP contribution in [-0.4, -0.2) is 49.2 Å². The van der Waals surface area contributed by atoms with E-state index in [9.17, 15) is 9.59 Å². The Morgan fingerprint density at radius 2 is 1.68 bits per heavy atom. The molecule has 2 aromatic rings. The lowest BCUT2D eigenvalue weighted by atomic mass is 9.85. The second-order valence-corrected chi connectivity index (χ2v) is 9.11. The number of ether oxygens (including phenoxy) is 1. The molecule has 6 nitrogen and oxygen atoms in total. The molecule has 0 radical (unpaired) electrons. The second-order valence-electron chi connectivity index (χ2n) is 9.11. The summed E-state index contributed by atoms with van der Waals surface area (Å²) in [4.78, 5) is 27.6. The van der Waals surface area contributed by atoms with Crippen LogP contribution in [0.5, 0.6) is 0 Å². The molecule has 1 heterocycles. The Labute approximate surface area is 183 Å². The molecule has 1 saturated heterocycles. The van der Waals surface area contributed by atoms with Gasteiger partial charge in [-0.2, -0.15) is 0 Å². The number of carbonyl (C=O) groups is 2. The van der Waals surface area contributed by atoms with Gasteiger partial charge in [0.25, 0.3) is 5.91 Å². The molecule has 0 spiro atoms. The summed E-state index contributed by atoms with van der Waals surface area (Å²) >= 11 is 0. The van der Waals surface area contributed by atoms with E-state index in [1.54, 1.807) is 0 Å². The maximum Gasteiger partial charge on any atom is 0.319 e. The van der Waals surface area contributed by atoms with Gasteiger partial charge in [0.15, 0.2) is 0 Å². The fourth-order valence-corrected chi connectivity index (χ4v) is 5.32. The molecule has 2 aliphatic carbocycles. The number of hydrogen-bond donors (Lipinski definition) is 2. The summed E-state index contributed by atoms with van der Waals surface area (Å²) in [6, 6.07) is 11.6. The van der Waals surface area contributed by atoms with E-state index in [0.29, 0.717) is 43.8 Å². The summed E-state index contributed by atoms with van der Waals surface area (Å²) in [6.07, 6.45) is 7.76. The van der Waals surface area contributed by atoms with Crippen molar-refractivity contribution in [3.63, 3.8) is 0 Å². The van der Waals surface area contributed by atoms with Crippen LogP contribution in [0.25, 0.3) is 10.8 Å². The van der Waals surface area contributed by atoms with Crippen molar-refractivity contribution in [2.45, 2.75) is 44.6 Å². The molecule has 5 rings (SSSR count). The van der Waals surface area contributed by atoms with E-state index in [2.05, 4.69) is 10.6 Å². The quantitative estimate of drug-likeness (QED) is 0.769. The van der Waals surface area contributed by atoms with Crippen LogP contribution in [0.15, 0.2) is 36.4 Å². The topological polar surface area (TPSA) is 70.7 Å². The van der Waals surface area contributed by atoms with E-state index < -0.39 is 0 Å². The molecule has 3 aliphatic rings. The molecule has 2 unspecified atom stereocenters. The Bertz CT molecular complexity index is 964. The van der Waals surface area contributed by atoms with Crippen molar-refractivity contribution in [3.05, 3.63) is 42.0 Å². The monoisotopic (exact) mass is 421 g/mol. The first-order chi connectivity index (χ1) is 15.2. The number of fused-ring (bicyclic) bond motifs is 1. The standard InChI is InChI=1S/C25H31N3O3/c29-24(28-12-14-31-15-13-28)20-10-11-22(19-9-5-4-8-18(19)20)26-25(30)27-23-16-21(23)17-6-2-1-3-7-17/h4-5,8-11,17,21,23H,1-3,6-7,12-16H2,(H2,26,27,30). The summed E-state index contributed by atoms with van der Waals surface area (Å²) in [5.41, 5.74) is 1.41. The van der Waals surface area contributed by atoms with Crippen LogP contribution in [0.2, 0.25) is 0 Å². The third-order valence-corrected chi connectivity index (χ3v) is 7.11. The lowest BCUT2D eigenvalue weighted by Crippen LogP contribution is -2.40. The first kappa shape index (κ1) is 20.3. The SMILES string of the molecule is O=C(Nc1ccc(C(=O)N2CCOCC2)c2ccccc12)NC1CC1C1CCCCC1. The van der Waals surface area contributed by atoms with Crippen molar-refractivity contribution < 1.29 is 14.3 Å². The fourth-order valence-electron chi connectivity index (χ4n) is 5.32. The molecule has 6 heteroatoms. The van der Waals surface area contributed by atoms with Crippen LogP contribution in [0.4, 0.5) is 10.5 Å². The van der Waals surface area contributed by atoms with Crippen LogP contribution in [0.3, 0.4) is 0 Å². The Balaban J connectivity index is 1.28. The fraction of sp³-hybridized carbons (Fsp3) is 0.520. The van der Waals surface area contributed by atoms with E-state index in [4.69, 9.17) is 4.74 Å². The van der Waals surface area contributed by atoms with E-state index in [1.807, 2.05) is 41.3 Å². The molecular weight excluding hydrogens is 390 g/mol. The molecule has 2 N–H and O–H groups in total. The molecule has 3 fully saturated rings. The highest BCUT2D eigenvalue weighted by molar-refractivity contribution is 6.12. The maximum atomic E-state index is 13.1. The smallest absolute Gasteiger partial charge is 0.319 e. The first-order valence-electron chi connectivity index (χ1n) is 11.7. The summed E-state index contributed by atoms with van der Waals surface area (Å²) in [6.45, 7) is 2.37. The zero-order valence-corrected chi connectivity index (χ0v) is 17.9. The molecular formula is C25H31N3O3. The number of carbonyl (C=O) groups excluding carboxylic acids is 2. The molecule has 2 aromatic carbocycles. The van der Waals surface area contributed by atoms with Gasteiger partial charge in [-0.05, 0) is 35.8 Å². The number of urea groups is 1. The Kier molecular flexibility index (Phi) is 5.81. The van der Waals surface area contributed by atoms with Gasteiger partial charge in [-0.3, -0.25) is 4.79 Å². The largest absolute Gasteiger partial charge is 0.378 e. The highest BCUT2D eigenvalue weighted by Crippen LogP contribution is 2.44. The van der Waals surface area contributed by atoms with Gasteiger partial charge >= 0.3 is 6.03 Å². The molecule has 3 amide bonds. The number of nitrogens with one attached hydrogen (secondary N) is 2. The van der Waals surface area contributed by atoms with Crippen molar-refractivity contribution in [1.29, 1.82) is 0 Å². The van der Waals surface area contributed by atoms with Gasteiger partial charge in [0, 0.05) is 30.1 Å². The van der Waals surface area contributed by atoms with Gasteiger partial charge in [-0.15, -0.1) is 0 Å². The highest BCUT2D eigenvalue weighted by atomic mass is 16.5. The van der Waals surface area contributed by atoms with E-state index >= 15 is 0 Å². The number of rotatable bonds is 4. The van der Waals surface area contributed by atoms with Gasteiger partial charge in [-0.25, -0.2) is 4.79 Å². The van der Waals surface area contributed by atoms with Crippen molar-refractivity contribution in [2.75, 3.05) is 31.6 Å². The van der Waals surface area contributed by atoms with Crippen LogP contribution >= 0.6 is 0 Å². The van der Waals surface area contributed by atoms with Crippen LogP contribution in [-0.2, 0) is 4.74 Å². The predicted molar refractivity (Wildman–Crippen MR) is 121 cm³/mol. The summed E-state index contributed by atoms with van der Waals surface area (Å²) in [7, 11) is 0. The number of morpholine rings is 1. The zero-order chi connectivity index (χ0) is 21.2. The lowest BCUT2D eigenvalue weighted by Gasteiger charge is -2.27. The average molecular weight is 422 g/mol. The van der Waals surface area contributed by atoms with E-state index in [0.717, 1.165) is 28.8 Å². The van der Waals surface area contributed by atoms with Crippen molar-refractivity contribution in [2.24, 2.45) is 11.8 Å². The number of nitrogens with zero attached hydrogens (tertiary/aromatic N) is 1. The number of amides is 3. The second kappa shape index (κ2) is 8.87. The van der Waals surface area contributed by atoms with E-state index in [1.165, 1.54) is 32.1 Å². The van der Waals surface area contributed by atoms with Gasteiger partial charge in [-0.1, -0.05) is 56.4 Å². The highest BCUT2D eigenvalue weighted by Gasteiger charge is 2.43. The lowest BCUT2D eigenvalue weighted by molar-refractivity contribution is 0.0304. The van der Waals surface area contributed by atoms with Crippen molar-refractivity contribution in [1.82, 2.24) is 10.2 Å². The molecule has 0 bridgehead atoms. The zero-order valence-electron chi connectivity index (χ0n) is 17.9. The Hall–Kier alpha value is -2.60. The van der Waals surface area contributed by atoms with Gasteiger partial charge in [0.2, 0.25) is 0 Å². The molecule has 2 saturated carbocycles. The normalized spacial score (nSPS) is 24.1. The summed E-state index contributed by atoms with van der Waals surface area (Å²) in [5.74, 6) is 1.45. The minimum Gasteiger partial charge on any atom is -0.378 e. The Morgan fingerprint density at radius 1 is 0.935 bits per heavy atom. The summed E-state index contributed by atoms with van der Waals surface area (Å²) < 4.78 is 5.37. The van der Waals surface area contributed by atoms with Crippen molar-refractivity contribution >= 4 is 28.4 Å². The van der Waals surface area contributed by atoms with Crippen LogP contribution < -0.4 is 10.6 Å². The minimum atomic E-state index is -0.152. The van der Waals surface area contributed by atoms with Crippen LogP contribution in [0.1, 0.15) is 48.9 Å². The summed E-state index contributed by atoms with van der Waals surface area (Å²) in [5, 5.41) is 7.94. The third-order valence-electron chi connectivity index (χ3n) is 7.11. The number of hydrogen-bond acceptors (Lipinski definition) is 3. The van der Waals surface area contributed by atoms with Crippen molar-refractivity contribution in [3.8, 4) is 0 Å². The van der Waals surface area contributed by atoms with Gasteiger partial charge < -0.3 is 20.3 Å². The van der Waals surface area contributed by atoms with E-state index in [-0.39, 0.29) is 11.9 Å². The van der Waals surface area contributed by atoms with Gasteiger partial charge in [0.05, 0.1) is 18.9 Å². The number of anilines is 1. The predicted octanol–water partition coefficient (Wildman–Crippen LogP) is 4.40. The number of benzene rings is 2. The molecule has 31 heavy (non-hydrogen) atoms. The van der Waals surface area contributed by atoms with Gasteiger partial charge in [0.1, 0.15) is 0 Å². The molecule has 164 valence electrons. The molecule has 2 atom stereocenters. The average Bonchev–Trinajstić information content (AvgIpc) is 3.59. The minimum absolute atomic E-state index is 0.0174. The Morgan fingerprint density at radius 3 is 2.45 bits per heavy atom.